The maximum absolute atomic E-state index is 6.11. The summed E-state index contributed by atoms with van der Waals surface area (Å²) in [5.74, 6) is 1.54. The molecular formula is C12H12ClN3. The van der Waals surface area contributed by atoms with E-state index in [1.54, 1.807) is 0 Å². The lowest BCUT2D eigenvalue weighted by atomic mass is 10.2. The molecule has 2 aromatic rings. The topological polar surface area (TPSA) is 30.7 Å². The smallest absolute Gasteiger partial charge is 0.229 e. The zero-order chi connectivity index (χ0) is 11.1. The molecule has 1 saturated carbocycles. The first-order chi connectivity index (χ1) is 7.77. The molecule has 3 rings (SSSR count). The molecule has 1 aromatic carbocycles. The van der Waals surface area contributed by atoms with Gasteiger partial charge in [-0.15, -0.1) is 10.2 Å². The van der Waals surface area contributed by atoms with Crippen molar-refractivity contribution in [1.82, 2.24) is 14.8 Å². The van der Waals surface area contributed by atoms with Crippen LogP contribution < -0.4 is 0 Å². The molecule has 0 radical (unpaired) electrons. The highest BCUT2D eigenvalue weighted by Crippen LogP contribution is 2.40. The molecule has 0 bridgehead atoms. The predicted octanol–water partition coefficient (Wildman–Crippen LogP) is 3.11. The van der Waals surface area contributed by atoms with Crippen LogP contribution in [0.15, 0.2) is 24.3 Å². The van der Waals surface area contributed by atoms with Gasteiger partial charge in [0, 0.05) is 5.92 Å². The Bertz CT molecular complexity index is 529. The molecule has 16 heavy (non-hydrogen) atoms. The maximum atomic E-state index is 6.11. The Morgan fingerprint density at radius 3 is 2.69 bits per heavy atom. The molecule has 3 nitrogen and oxygen atoms in total. The molecule has 0 spiro atoms. The zero-order valence-corrected chi connectivity index (χ0v) is 9.78. The van der Waals surface area contributed by atoms with Crippen LogP contribution in [-0.2, 0) is 0 Å². The van der Waals surface area contributed by atoms with E-state index in [1.807, 2.05) is 16.7 Å². The molecule has 1 fully saturated rings. The number of aromatic nitrogens is 3. The fourth-order valence-electron chi connectivity index (χ4n) is 1.92. The summed E-state index contributed by atoms with van der Waals surface area (Å²) in [5, 5.41) is 8.60. The summed E-state index contributed by atoms with van der Waals surface area (Å²) in [6.07, 6.45) is 2.39. The second-order valence-corrected chi connectivity index (χ2v) is 4.56. The molecule has 4 heteroatoms. The highest BCUT2D eigenvalue weighted by Gasteiger charge is 2.30. The molecule has 0 aliphatic heterocycles. The van der Waals surface area contributed by atoms with Crippen molar-refractivity contribution in [2.45, 2.75) is 25.7 Å². The first kappa shape index (κ1) is 9.85. The van der Waals surface area contributed by atoms with Crippen molar-refractivity contribution in [3.8, 4) is 5.69 Å². The van der Waals surface area contributed by atoms with Crippen LogP contribution in [0.3, 0.4) is 0 Å². The third kappa shape index (κ3) is 1.52. The largest absolute Gasteiger partial charge is 0.269 e. The van der Waals surface area contributed by atoms with Gasteiger partial charge in [-0.05, 0) is 43.0 Å². The van der Waals surface area contributed by atoms with Gasteiger partial charge in [-0.25, -0.2) is 0 Å². The van der Waals surface area contributed by atoms with Gasteiger partial charge in [0.25, 0.3) is 0 Å². The Morgan fingerprint density at radius 2 is 2.00 bits per heavy atom. The van der Waals surface area contributed by atoms with Crippen molar-refractivity contribution in [2.24, 2.45) is 0 Å². The number of hydrogen-bond acceptors (Lipinski definition) is 2. The van der Waals surface area contributed by atoms with E-state index in [4.69, 9.17) is 11.6 Å². The summed E-state index contributed by atoms with van der Waals surface area (Å²) >= 11 is 6.11. The third-order valence-corrected chi connectivity index (χ3v) is 3.19. The highest BCUT2D eigenvalue weighted by molar-refractivity contribution is 6.28. The van der Waals surface area contributed by atoms with Crippen molar-refractivity contribution in [1.29, 1.82) is 0 Å². The van der Waals surface area contributed by atoms with Crippen LogP contribution in [0.25, 0.3) is 5.69 Å². The van der Waals surface area contributed by atoms with Crippen molar-refractivity contribution in [3.05, 3.63) is 40.9 Å². The van der Waals surface area contributed by atoms with Crippen LogP contribution in [0, 0.1) is 6.92 Å². The predicted molar refractivity (Wildman–Crippen MR) is 63.1 cm³/mol. The van der Waals surface area contributed by atoms with Gasteiger partial charge in [-0.1, -0.05) is 18.2 Å². The molecule has 0 amide bonds. The van der Waals surface area contributed by atoms with E-state index in [2.05, 4.69) is 29.3 Å². The van der Waals surface area contributed by atoms with E-state index in [0.29, 0.717) is 11.2 Å². The molecule has 0 unspecified atom stereocenters. The van der Waals surface area contributed by atoms with Crippen LogP contribution >= 0.6 is 11.6 Å². The Labute approximate surface area is 99.1 Å². The number of nitrogens with zero attached hydrogens (tertiary/aromatic N) is 3. The Hall–Kier alpha value is -1.35. The number of hydrogen-bond donors (Lipinski definition) is 0. The minimum Gasteiger partial charge on any atom is -0.269 e. The quantitative estimate of drug-likeness (QED) is 0.798. The first-order valence-corrected chi connectivity index (χ1v) is 5.82. The third-order valence-electron chi connectivity index (χ3n) is 2.95. The van der Waals surface area contributed by atoms with Crippen molar-refractivity contribution < 1.29 is 0 Å². The minimum atomic E-state index is 0.455. The Kier molecular flexibility index (Phi) is 2.21. The molecule has 1 heterocycles. The molecular weight excluding hydrogens is 222 g/mol. The van der Waals surface area contributed by atoms with Gasteiger partial charge >= 0.3 is 0 Å². The number of aryl methyl sites for hydroxylation is 1. The van der Waals surface area contributed by atoms with Gasteiger partial charge in [-0.3, -0.25) is 4.57 Å². The van der Waals surface area contributed by atoms with Crippen LogP contribution in [-0.4, -0.2) is 14.8 Å². The Balaban J connectivity index is 2.18. The number of rotatable bonds is 2. The average molecular weight is 234 g/mol. The zero-order valence-electron chi connectivity index (χ0n) is 9.02. The van der Waals surface area contributed by atoms with E-state index < -0.39 is 0 Å². The lowest BCUT2D eigenvalue weighted by molar-refractivity contribution is 0.868. The van der Waals surface area contributed by atoms with Gasteiger partial charge in [0.05, 0.1) is 5.69 Å². The number of benzene rings is 1. The molecule has 0 N–H and O–H groups in total. The number of halogens is 1. The van der Waals surface area contributed by atoms with Gasteiger partial charge in [0.2, 0.25) is 5.28 Å². The number of para-hydroxylation sites is 1. The van der Waals surface area contributed by atoms with Gasteiger partial charge in [0.15, 0.2) is 0 Å². The van der Waals surface area contributed by atoms with Crippen molar-refractivity contribution >= 4 is 11.6 Å². The first-order valence-electron chi connectivity index (χ1n) is 5.44. The second kappa shape index (κ2) is 3.59. The van der Waals surface area contributed by atoms with Gasteiger partial charge in [-0.2, -0.15) is 0 Å². The van der Waals surface area contributed by atoms with Crippen LogP contribution in [0.1, 0.15) is 30.1 Å². The van der Waals surface area contributed by atoms with Crippen LogP contribution in [0.5, 0.6) is 0 Å². The van der Waals surface area contributed by atoms with E-state index >= 15 is 0 Å². The van der Waals surface area contributed by atoms with Gasteiger partial charge in [0.1, 0.15) is 5.82 Å². The molecule has 1 aliphatic carbocycles. The lowest BCUT2D eigenvalue weighted by Gasteiger charge is -2.09. The molecule has 0 atom stereocenters. The standard InChI is InChI=1S/C12H12ClN3/c1-8-4-2-3-5-10(8)16-11(9-6-7-9)14-15-12(16)13/h2-5,9H,6-7H2,1H3. The summed E-state index contributed by atoms with van der Waals surface area (Å²) in [6.45, 7) is 2.07. The fourth-order valence-corrected chi connectivity index (χ4v) is 2.13. The van der Waals surface area contributed by atoms with E-state index in [1.165, 1.54) is 18.4 Å². The average Bonchev–Trinajstić information content (AvgIpc) is 3.04. The summed E-state index contributed by atoms with van der Waals surface area (Å²) in [4.78, 5) is 0. The van der Waals surface area contributed by atoms with Crippen LogP contribution in [0.4, 0.5) is 0 Å². The van der Waals surface area contributed by atoms with Crippen molar-refractivity contribution in [3.63, 3.8) is 0 Å². The minimum absolute atomic E-state index is 0.455. The van der Waals surface area contributed by atoms with Crippen molar-refractivity contribution in [2.75, 3.05) is 0 Å². The second-order valence-electron chi connectivity index (χ2n) is 4.22. The van der Waals surface area contributed by atoms with E-state index in [0.717, 1.165) is 11.5 Å². The molecule has 1 aliphatic rings. The van der Waals surface area contributed by atoms with E-state index in [-0.39, 0.29) is 0 Å². The van der Waals surface area contributed by atoms with E-state index in [9.17, 15) is 0 Å². The lowest BCUT2D eigenvalue weighted by Crippen LogP contribution is -2.02. The Morgan fingerprint density at radius 1 is 1.25 bits per heavy atom. The highest BCUT2D eigenvalue weighted by atomic mass is 35.5. The summed E-state index contributed by atoms with van der Waals surface area (Å²) in [5.41, 5.74) is 2.27. The summed E-state index contributed by atoms with van der Waals surface area (Å²) in [6, 6.07) is 8.15. The maximum Gasteiger partial charge on any atom is 0.229 e. The molecule has 0 saturated heterocycles. The van der Waals surface area contributed by atoms with Crippen LogP contribution in [0.2, 0.25) is 5.28 Å². The summed E-state index contributed by atoms with van der Waals surface area (Å²) < 4.78 is 1.97. The molecule has 1 aromatic heterocycles. The summed E-state index contributed by atoms with van der Waals surface area (Å²) in [7, 11) is 0. The monoisotopic (exact) mass is 233 g/mol. The van der Waals surface area contributed by atoms with Gasteiger partial charge < -0.3 is 0 Å². The fraction of sp³-hybridized carbons (Fsp3) is 0.333. The SMILES string of the molecule is Cc1ccccc1-n1c(Cl)nnc1C1CC1. The normalized spacial score (nSPS) is 15.4. The molecule has 82 valence electrons.